The van der Waals surface area contributed by atoms with Crippen molar-refractivity contribution in [3.05, 3.63) is 28.4 Å². The maximum absolute atomic E-state index is 11.8. The van der Waals surface area contributed by atoms with Gasteiger partial charge in [0.25, 0.3) is 5.56 Å². The minimum Gasteiger partial charge on any atom is -0.444 e. The second kappa shape index (κ2) is 4.44. The lowest BCUT2D eigenvalue weighted by Gasteiger charge is -2.39. The molecule has 0 spiro atoms. The van der Waals surface area contributed by atoms with Gasteiger partial charge in [0, 0.05) is 30.9 Å². The summed E-state index contributed by atoms with van der Waals surface area (Å²) in [6, 6.07) is 0. The van der Waals surface area contributed by atoms with E-state index in [0.717, 1.165) is 0 Å². The molecule has 1 amide bonds. The van der Waals surface area contributed by atoms with Crippen LogP contribution >= 0.6 is 0 Å². The standard InChI is InChI=1S/C12H17N3O3/c1-12(2,3)18-11(17)15-6-8(7-15)9-4-13-5-10(16)14-9/h4-5,8H,6-7H2,1-3H3,(H,14,16)/i4D,5D. The molecule has 0 aliphatic carbocycles. The maximum Gasteiger partial charge on any atom is 0.410 e. The van der Waals surface area contributed by atoms with Gasteiger partial charge < -0.3 is 14.6 Å². The maximum atomic E-state index is 11.8. The van der Waals surface area contributed by atoms with Crippen LogP contribution in [0.1, 0.15) is 35.1 Å². The van der Waals surface area contributed by atoms with Crippen LogP contribution in [0.25, 0.3) is 0 Å². The number of ether oxygens (including phenoxy) is 1. The van der Waals surface area contributed by atoms with Gasteiger partial charge >= 0.3 is 6.09 Å². The zero-order valence-corrected chi connectivity index (χ0v) is 10.6. The second-order valence-corrected chi connectivity index (χ2v) is 5.29. The summed E-state index contributed by atoms with van der Waals surface area (Å²) in [5, 5.41) is 0. The van der Waals surface area contributed by atoms with E-state index in [-0.39, 0.29) is 12.1 Å². The smallest absolute Gasteiger partial charge is 0.410 e. The van der Waals surface area contributed by atoms with Crippen LogP contribution in [0.15, 0.2) is 17.1 Å². The summed E-state index contributed by atoms with van der Waals surface area (Å²) in [5.74, 6) is -0.143. The van der Waals surface area contributed by atoms with Gasteiger partial charge in [-0.05, 0) is 20.8 Å². The largest absolute Gasteiger partial charge is 0.444 e. The Bertz CT molecular complexity index is 589. The lowest BCUT2D eigenvalue weighted by atomic mass is 9.97. The Morgan fingerprint density at radius 2 is 2.22 bits per heavy atom. The quantitative estimate of drug-likeness (QED) is 0.813. The number of rotatable bonds is 1. The first-order valence-electron chi connectivity index (χ1n) is 6.72. The van der Waals surface area contributed by atoms with E-state index in [1.54, 1.807) is 20.8 Å². The molecule has 2 heterocycles. The number of nitrogens with one attached hydrogen (secondary N) is 1. The summed E-state index contributed by atoms with van der Waals surface area (Å²) in [5.41, 5.74) is -0.802. The molecule has 0 aromatic carbocycles. The van der Waals surface area contributed by atoms with E-state index in [1.165, 1.54) is 4.90 Å². The number of carbonyl (C=O) groups is 1. The predicted molar refractivity (Wildman–Crippen MR) is 65.4 cm³/mol. The van der Waals surface area contributed by atoms with Gasteiger partial charge in [-0.2, -0.15) is 0 Å². The monoisotopic (exact) mass is 253 g/mol. The normalized spacial score (nSPS) is 17.8. The molecule has 0 atom stereocenters. The molecular weight excluding hydrogens is 234 g/mol. The fourth-order valence-electron chi connectivity index (χ4n) is 1.65. The van der Waals surface area contributed by atoms with Crippen LogP contribution in [-0.2, 0) is 4.74 Å². The first kappa shape index (κ1) is 10.1. The fraction of sp³-hybridized carbons (Fsp3) is 0.583. The van der Waals surface area contributed by atoms with E-state index in [1.807, 2.05) is 0 Å². The number of likely N-dealkylation sites (tertiary alicyclic amines) is 1. The van der Waals surface area contributed by atoms with E-state index < -0.39 is 23.4 Å². The van der Waals surface area contributed by atoms with Gasteiger partial charge in [0.05, 0.1) is 8.91 Å². The van der Waals surface area contributed by atoms with Crippen LogP contribution in [0, 0.1) is 0 Å². The lowest BCUT2D eigenvalue weighted by Crippen LogP contribution is -2.50. The van der Waals surface area contributed by atoms with Crippen molar-refractivity contribution >= 4 is 6.09 Å². The molecule has 98 valence electrons. The molecule has 6 nitrogen and oxygen atoms in total. The van der Waals surface area contributed by atoms with Crippen molar-refractivity contribution in [2.24, 2.45) is 0 Å². The third kappa shape index (κ3) is 2.88. The topological polar surface area (TPSA) is 75.3 Å². The molecule has 0 unspecified atom stereocenters. The molecule has 0 bridgehead atoms. The molecule has 1 N–H and O–H groups in total. The highest BCUT2D eigenvalue weighted by Crippen LogP contribution is 2.26. The number of amides is 1. The van der Waals surface area contributed by atoms with Crippen molar-refractivity contribution in [3.63, 3.8) is 0 Å². The Balaban J connectivity index is 2.02. The molecule has 6 heteroatoms. The van der Waals surface area contributed by atoms with Crippen molar-refractivity contribution in [1.82, 2.24) is 14.9 Å². The first-order chi connectivity index (χ1) is 9.17. The number of nitrogens with zero attached hydrogens (tertiary/aromatic N) is 2. The number of H-pyrrole nitrogens is 1. The Hall–Kier alpha value is -1.85. The summed E-state index contributed by atoms with van der Waals surface area (Å²) in [7, 11) is 0. The number of hydrogen-bond acceptors (Lipinski definition) is 4. The highest BCUT2D eigenvalue weighted by Gasteiger charge is 2.35. The van der Waals surface area contributed by atoms with Crippen LogP contribution in [-0.4, -0.2) is 39.7 Å². The van der Waals surface area contributed by atoms with Crippen LogP contribution in [0.3, 0.4) is 0 Å². The Morgan fingerprint density at radius 3 is 2.83 bits per heavy atom. The lowest BCUT2D eigenvalue weighted by molar-refractivity contribution is 0.00783. The average molecular weight is 253 g/mol. The van der Waals surface area contributed by atoms with Gasteiger partial charge in [0.1, 0.15) is 5.60 Å². The van der Waals surface area contributed by atoms with E-state index in [4.69, 9.17) is 7.48 Å². The molecular formula is C12H17N3O3. The van der Waals surface area contributed by atoms with E-state index in [9.17, 15) is 9.59 Å². The molecule has 1 aromatic heterocycles. The molecule has 0 saturated carbocycles. The number of carbonyl (C=O) groups excluding carboxylic acids is 1. The van der Waals surface area contributed by atoms with Crippen molar-refractivity contribution < 1.29 is 12.3 Å². The third-order valence-corrected chi connectivity index (χ3v) is 2.52. The Kier molecular flexibility index (Phi) is 2.49. The van der Waals surface area contributed by atoms with Crippen LogP contribution in [0.2, 0.25) is 0 Å². The number of aromatic amines is 1. The summed E-state index contributed by atoms with van der Waals surface area (Å²) >= 11 is 0. The zero-order valence-electron chi connectivity index (χ0n) is 12.6. The number of aromatic nitrogens is 2. The van der Waals surface area contributed by atoms with Gasteiger partial charge in [-0.15, -0.1) is 0 Å². The van der Waals surface area contributed by atoms with Crippen molar-refractivity contribution in [2.45, 2.75) is 32.3 Å². The molecule has 1 aromatic rings. The van der Waals surface area contributed by atoms with Crippen LogP contribution in [0.4, 0.5) is 4.79 Å². The van der Waals surface area contributed by atoms with E-state index in [0.29, 0.717) is 18.8 Å². The van der Waals surface area contributed by atoms with Crippen molar-refractivity contribution in [3.8, 4) is 0 Å². The van der Waals surface area contributed by atoms with Gasteiger partial charge in [0.2, 0.25) is 0 Å². The highest BCUT2D eigenvalue weighted by molar-refractivity contribution is 5.69. The zero-order chi connectivity index (χ0) is 15.1. The SMILES string of the molecule is [2H]c1nc([2H])c(=O)[nH]c1C1CN(C(=O)OC(C)(C)C)C1. The Morgan fingerprint density at radius 1 is 1.56 bits per heavy atom. The van der Waals surface area contributed by atoms with Crippen LogP contribution in [0.5, 0.6) is 0 Å². The van der Waals surface area contributed by atoms with Gasteiger partial charge in [0.15, 0.2) is 0 Å². The van der Waals surface area contributed by atoms with Crippen molar-refractivity contribution in [2.75, 3.05) is 13.1 Å². The molecule has 2 rings (SSSR count). The molecule has 0 radical (unpaired) electrons. The summed E-state index contributed by atoms with van der Waals surface area (Å²) in [6.45, 7) is 6.11. The molecule has 1 fully saturated rings. The number of hydrogen-bond donors (Lipinski definition) is 1. The van der Waals surface area contributed by atoms with E-state index >= 15 is 0 Å². The van der Waals surface area contributed by atoms with Gasteiger partial charge in [-0.3, -0.25) is 9.78 Å². The predicted octanol–water partition coefficient (Wildman–Crippen LogP) is 1.10. The molecule has 18 heavy (non-hydrogen) atoms. The summed E-state index contributed by atoms with van der Waals surface area (Å²) in [6.07, 6.45) is -1.00. The minimum absolute atomic E-state index is 0.122. The Labute approximate surface area is 108 Å². The molecule has 1 aliphatic heterocycles. The molecule has 1 aliphatic rings. The minimum atomic E-state index is -0.619. The van der Waals surface area contributed by atoms with Crippen LogP contribution < -0.4 is 5.56 Å². The average Bonchev–Trinajstić information content (AvgIpc) is 2.20. The highest BCUT2D eigenvalue weighted by atomic mass is 16.6. The van der Waals surface area contributed by atoms with Gasteiger partial charge in [-0.1, -0.05) is 0 Å². The second-order valence-electron chi connectivity index (χ2n) is 5.29. The first-order valence-corrected chi connectivity index (χ1v) is 5.72. The van der Waals surface area contributed by atoms with Gasteiger partial charge in [-0.25, -0.2) is 4.79 Å². The van der Waals surface area contributed by atoms with Crippen molar-refractivity contribution in [1.29, 1.82) is 0 Å². The third-order valence-electron chi connectivity index (χ3n) is 2.52. The summed E-state index contributed by atoms with van der Waals surface area (Å²) in [4.78, 5) is 30.7. The molecule has 1 saturated heterocycles. The fourth-order valence-corrected chi connectivity index (χ4v) is 1.65. The summed E-state index contributed by atoms with van der Waals surface area (Å²) < 4.78 is 20.1. The van der Waals surface area contributed by atoms with E-state index in [2.05, 4.69) is 9.97 Å².